The van der Waals surface area contributed by atoms with Gasteiger partial charge in [-0.05, 0) is 55.5 Å². The third kappa shape index (κ3) is 3.18. The molecule has 0 fully saturated rings. The molecule has 0 radical (unpaired) electrons. The SMILES string of the molecule is Cc1ccc(/C=C/C(=O)Oc2ccc3c4c(c(=O)oc3c2)CCC4)cc1. The van der Waals surface area contributed by atoms with E-state index in [1.807, 2.05) is 37.3 Å². The van der Waals surface area contributed by atoms with E-state index in [-0.39, 0.29) is 5.63 Å². The first kappa shape index (κ1) is 16.3. The highest BCUT2D eigenvalue weighted by Gasteiger charge is 2.19. The minimum absolute atomic E-state index is 0.284. The first-order valence-electron chi connectivity index (χ1n) is 8.65. The molecule has 2 aromatic carbocycles. The number of rotatable bonds is 3. The van der Waals surface area contributed by atoms with Gasteiger partial charge >= 0.3 is 11.6 Å². The summed E-state index contributed by atoms with van der Waals surface area (Å²) in [6.07, 6.45) is 5.72. The van der Waals surface area contributed by atoms with E-state index in [9.17, 15) is 9.59 Å². The van der Waals surface area contributed by atoms with E-state index >= 15 is 0 Å². The lowest BCUT2D eigenvalue weighted by molar-refractivity contribution is -0.128. The number of benzene rings is 2. The highest BCUT2D eigenvalue weighted by Crippen LogP contribution is 2.29. The molecule has 26 heavy (non-hydrogen) atoms. The van der Waals surface area contributed by atoms with Gasteiger partial charge in [-0.15, -0.1) is 0 Å². The van der Waals surface area contributed by atoms with E-state index in [0.29, 0.717) is 11.3 Å². The second kappa shape index (κ2) is 6.64. The Morgan fingerprint density at radius 2 is 1.85 bits per heavy atom. The Kier molecular flexibility index (Phi) is 4.17. The van der Waals surface area contributed by atoms with Crippen molar-refractivity contribution in [3.63, 3.8) is 0 Å². The summed E-state index contributed by atoms with van der Waals surface area (Å²) >= 11 is 0. The van der Waals surface area contributed by atoms with Crippen LogP contribution in [0.5, 0.6) is 5.75 Å². The van der Waals surface area contributed by atoms with Crippen LogP contribution in [0.2, 0.25) is 0 Å². The number of ether oxygens (including phenoxy) is 1. The predicted octanol–water partition coefficient (Wildman–Crippen LogP) is 4.21. The Balaban J connectivity index is 1.55. The summed E-state index contributed by atoms with van der Waals surface area (Å²) in [4.78, 5) is 24.1. The normalized spacial score (nSPS) is 13.3. The van der Waals surface area contributed by atoms with E-state index in [1.165, 1.54) is 6.08 Å². The first-order valence-corrected chi connectivity index (χ1v) is 8.65. The van der Waals surface area contributed by atoms with Crippen LogP contribution in [0.15, 0.2) is 57.8 Å². The molecule has 130 valence electrons. The van der Waals surface area contributed by atoms with Gasteiger partial charge in [-0.3, -0.25) is 0 Å². The third-order valence-corrected chi connectivity index (χ3v) is 4.65. The predicted molar refractivity (Wildman–Crippen MR) is 100 cm³/mol. The van der Waals surface area contributed by atoms with E-state index in [0.717, 1.165) is 46.9 Å². The largest absolute Gasteiger partial charge is 0.423 e. The molecule has 0 amide bonds. The van der Waals surface area contributed by atoms with Gasteiger partial charge in [-0.2, -0.15) is 0 Å². The molecule has 0 saturated carbocycles. The summed E-state index contributed by atoms with van der Waals surface area (Å²) < 4.78 is 10.7. The number of carbonyl (C=O) groups excluding carboxylic acids is 1. The van der Waals surface area contributed by atoms with Gasteiger partial charge in [0.1, 0.15) is 11.3 Å². The van der Waals surface area contributed by atoms with E-state index < -0.39 is 5.97 Å². The van der Waals surface area contributed by atoms with Gasteiger partial charge in [0.2, 0.25) is 0 Å². The summed E-state index contributed by atoms with van der Waals surface area (Å²) in [7, 11) is 0. The van der Waals surface area contributed by atoms with Crippen LogP contribution in [0.3, 0.4) is 0 Å². The average Bonchev–Trinajstić information content (AvgIpc) is 3.12. The number of fused-ring (bicyclic) bond motifs is 3. The van der Waals surface area contributed by atoms with Crippen molar-refractivity contribution in [2.24, 2.45) is 0 Å². The zero-order chi connectivity index (χ0) is 18.1. The number of hydrogen-bond acceptors (Lipinski definition) is 4. The molecule has 4 rings (SSSR count). The number of hydrogen-bond donors (Lipinski definition) is 0. The van der Waals surface area contributed by atoms with E-state index in [1.54, 1.807) is 18.2 Å². The smallest absolute Gasteiger partial charge is 0.339 e. The molecule has 0 aliphatic heterocycles. The summed E-state index contributed by atoms with van der Waals surface area (Å²) in [5, 5.41) is 0.923. The Labute approximate surface area is 150 Å². The maximum atomic E-state index is 12.1. The monoisotopic (exact) mass is 346 g/mol. The van der Waals surface area contributed by atoms with Crippen LogP contribution < -0.4 is 10.4 Å². The van der Waals surface area contributed by atoms with E-state index in [4.69, 9.17) is 9.15 Å². The second-order valence-electron chi connectivity index (χ2n) is 6.52. The number of aryl methyl sites for hydroxylation is 2. The standard InChI is InChI=1S/C22H18O4/c1-14-5-7-15(8-6-14)9-12-21(23)25-16-10-11-18-17-3-2-4-19(17)22(24)26-20(18)13-16/h5-13H,2-4H2,1H3/b12-9+. The van der Waals surface area contributed by atoms with Crippen molar-refractivity contribution >= 4 is 23.0 Å². The first-order chi connectivity index (χ1) is 12.6. The minimum Gasteiger partial charge on any atom is -0.423 e. The molecule has 4 heteroatoms. The van der Waals surface area contributed by atoms with Crippen molar-refractivity contribution < 1.29 is 13.9 Å². The van der Waals surface area contributed by atoms with Gasteiger partial charge in [0, 0.05) is 23.1 Å². The van der Waals surface area contributed by atoms with Crippen molar-refractivity contribution in [1.29, 1.82) is 0 Å². The quantitative estimate of drug-likeness (QED) is 0.308. The van der Waals surface area contributed by atoms with Crippen molar-refractivity contribution in [1.82, 2.24) is 0 Å². The van der Waals surface area contributed by atoms with Crippen molar-refractivity contribution in [2.75, 3.05) is 0 Å². The van der Waals surface area contributed by atoms with Crippen LogP contribution in [-0.4, -0.2) is 5.97 Å². The average molecular weight is 346 g/mol. The molecule has 1 aliphatic rings. The van der Waals surface area contributed by atoms with Crippen LogP contribution in [-0.2, 0) is 17.6 Å². The molecule has 1 heterocycles. The Hall–Kier alpha value is -3.14. The van der Waals surface area contributed by atoms with Gasteiger partial charge in [0.25, 0.3) is 0 Å². The Morgan fingerprint density at radius 1 is 1.08 bits per heavy atom. The van der Waals surface area contributed by atoms with Gasteiger partial charge in [-0.1, -0.05) is 29.8 Å². The molecule has 0 saturated heterocycles. The summed E-state index contributed by atoms with van der Waals surface area (Å²) in [5.41, 5.74) is 4.11. The summed E-state index contributed by atoms with van der Waals surface area (Å²) in [6.45, 7) is 2.01. The topological polar surface area (TPSA) is 56.5 Å². The fraction of sp³-hybridized carbons (Fsp3) is 0.182. The number of carbonyl (C=O) groups is 1. The molecule has 0 atom stereocenters. The molecule has 4 nitrogen and oxygen atoms in total. The van der Waals surface area contributed by atoms with Gasteiger partial charge in [0.05, 0.1) is 0 Å². The van der Waals surface area contributed by atoms with Crippen molar-refractivity contribution in [3.8, 4) is 5.75 Å². The fourth-order valence-corrected chi connectivity index (χ4v) is 3.32. The van der Waals surface area contributed by atoms with Crippen LogP contribution in [0.25, 0.3) is 17.0 Å². The highest BCUT2D eigenvalue weighted by molar-refractivity contribution is 5.90. The molecule has 1 aliphatic carbocycles. The van der Waals surface area contributed by atoms with Crippen LogP contribution in [0.4, 0.5) is 0 Å². The molecular weight excluding hydrogens is 328 g/mol. The van der Waals surface area contributed by atoms with Gasteiger partial charge in [-0.25, -0.2) is 9.59 Å². The molecule has 0 N–H and O–H groups in total. The Morgan fingerprint density at radius 3 is 2.65 bits per heavy atom. The zero-order valence-electron chi connectivity index (χ0n) is 14.5. The van der Waals surface area contributed by atoms with Gasteiger partial charge < -0.3 is 9.15 Å². The zero-order valence-corrected chi connectivity index (χ0v) is 14.5. The maximum Gasteiger partial charge on any atom is 0.339 e. The molecule has 3 aromatic rings. The van der Waals surface area contributed by atoms with Crippen LogP contribution in [0, 0.1) is 6.92 Å². The van der Waals surface area contributed by atoms with Gasteiger partial charge in [0.15, 0.2) is 0 Å². The lowest BCUT2D eigenvalue weighted by Gasteiger charge is -2.06. The minimum atomic E-state index is -0.478. The molecule has 1 aromatic heterocycles. The molecule has 0 unspecified atom stereocenters. The van der Waals surface area contributed by atoms with Crippen LogP contribution >= 0.6 is 0 Å². The Bertz CT molecular complexity index is 1070. The fourth-order valence-electron chi connectivity index (χ4n) is 3.32. The lowest BCUT2D eigenvalue weighted by Crippen LogP contribution is -2.07. The van der Waals surface area contributed by atoms with E-state index in [2.05, 4.69) is 0 Å². The third-order valence-electron chi connectivity index (χ3n) is 4.65. The maximum absolute atomic E-state index is 12.1. The molecule has 0 bridgehead atoms. The highest BCUT2D eigenvalue weighted by atomic mass is 16.5. The van der Waals surface area contributed by atoms with Crippen molar-refractivity contribution in [2.45, 2.75) is 26.2 Å². The van der Waals surface area contributed by atoms with Crippen molar-refractivity contribution in [3.05, 3.63) is 81.2 Å². The van der Waals surface area contributed by atoms with Crippen LogP contribution in [0.1, 0.15) is 28.7 Å². The second-order valence-corrected chi connectivity index (χ2v) is 6.52. The number of esters is 1. The summed E-state index contributed by atoms with van der Waals surface area (Å²) in [5.74, 6) is -0.120. The lowest BCUT2D eigenvalue weighted by atomic mass is 10.1. The summed E-state index contributed by atoms with van der Waals surface area (Å²) in [6, 6.07) is 13.0. The molecule has 0 spiro atoms. The molecular formula is C22H18O4.